The van der Waals surface area contributed by atoms with Crippen LogP contribution in [-0.4, -0.2) is 39.2 Å². The van der Waals surface area contributed by atoms with Gasteiger partial charge < -0.3 is 4.90 Å². The fraction of sp³-hybridized carbons (Fsp3) is 0.500. The third kappa shape index (κ3) is 2.45. The Morgan fingerprint density at radius 1 is 1.33 bits per heavy atom. The van der Waals surface area contributed by atoms with Crippen molar-refractivity contribution in [2.24, 2.45) is 0 Å². The molecule has 1 amide bonds. The molecule has 0 atom stereocenters. The van der Waals surface area contributed by atoms with Gasteiger partial charge in [-0.1, -0.05) is 0 Å². The van der Waals surface area contributed by atoms with Gasteiger partial charge in [0.1, 0.15) is 6.33 Å². The van der Waals surface area contributed by atoms with Crippen LogP contribution < -0.4 is 0 Å². The van der Waals surface area contributed by atoms with E-state index in [1.807, 2.05) is 0 Å². The fourth-order valence-corrected chi connectivity index (χ4v) is 1.84. The van der Waals surface area contributed by atoms with Crippen LogP contribution in [0.1, 0.15) is 23.2 Å². The first-order chi connectivity index (χ1) is 7.27. The molecule has 5 heteroatoms. The van der Waals surface area contributed by atoms with E-state index in [1.165, 1.54) is 6.33 Å². The van der Waals surface area contributed by atoms with Crippen LogP contribution in [0.5, 0.6) is 0 Å². The molecule has 0 saturated carbocycles. The third-order valence-corrected chi connectivity index (χ3v) is 2.96. The van der Waals surface area contributed by atoms with E-state index >= 15 is 0 Å². The van der Waals surface area contributed by atoms with Crippen molar-refractivity contribution in [3.05, 3.63) is 24.3 Å². The number of piperidine rings is 1. The van der Waals surface area contributed by atoms with Crippen molar-refractivity contribution in [2.75, 3.05) is 13.1 Å². The van der Waals surface area contributed by atoms with Crippen LogP contribution in [0.25, 0.3) is 0 Å². The van der Waals surface area contributed by atoms with Gasteiger partial charge in [0, 0.05) is 30.9 Å². The Balaban J connectivity index is 2.03. The molecule has 1 fully saturated rings. The summed E-state index contributed by atoms with van der Waals surface area (Å²) in [5, 5.41) is 0.209. The minimum atomic E-state index is -0.000772. The number of nitrogens with zero attached hydrogens (tertiary/aromatic N) is 3. The molecule has 1 aromatic heterocycles. The monoisotopic (exact) mass is 225 g/mol. The van der Waals surface area contributed by atoms with Gasteiger partial charge in [-0.2, -0.15) is 0 Å². The van der Waals surface area contributed by atoms with Crippen molar-refractivity contribution < 1.29 is 4.79 Å². The van der Waals surface area contributed by atoms with E-state index in [0.29, 0.717) is 5.56 Å². The fourth-order valence-electron chi connectivity index (χ4n) is 1.64. The largest absolute Gasteiger partial charge is 0.338 e. The number of alkyl halides is 1. The number of aromatic nitrogens is 2. The predicted molar refractivity (Wildman–Crippen MR) is 56.8 cm³/mol. The molecule has 80 valence electrons. The average Bonchev–Trinajstić information content (AvgIpc) is 2.30. The molecule has 2 heterocycles. The highest BCUT2D eigenvalue weighted by molar-refractivity contribution is 6.20. The second-order valence-corrected chi connectivity index (χ2v) is 4.21. The summed E-state index contributed by atoms with van der Waals surface area (Å²) in [6.45, 7) is 1.45. The molecule has 4 nitrogen and oxygen atoms in total. The molecule has 0 unspecified atom stereocenters. The molecule has 2 rings (SSSR count). The first-order valence-electron chi connectivity index (χ1n) is 4.96. The van der Waals surface area contributed by atoms with E-state index in [4.69, 9.17) is 11.6 Å². The minimum Gasteiger partial charge on any atom is -0.338 e. The highest BCUT2D eigenvalue weighted by atomic mass is 35.5. The Hall–Kier alpha value is -1.16. The minimum absolute atomic E-state index is 0.000772. The molecule has 0 aliphatic carbocycles. The third-order valence-electron chi connectivity index (χ3n) is 2.52. The lowest BCUT2D eigenvalue weighted by Crippen LogP contribution is -2.38. The van der Waals surface area contributed by atoms with Gasteiger partial charge in [-0.05, 0) is 12.8 Å². The van der Waals surface area contributed by atoms with Crippen LogP contribution in [0, 0.1) is 0 Å². The zero-order chi connectivity index (χ0) is 10.7. The number of hydrogen-bond acceptors (Lipinski definition) is 3. The average molecular weight is 226 g/mol. The molecule has 1 aliphatic heterocycles. The Labute approximate surface area is 93.3 Å². The van der Waals surface area contributed by atoms with E-state index in [1.54, 1.807) is 17.3 Å². The summed E-state index contributed by atoms with van der Waals surface area (Å²) in [7, 11) is 0. The zero-order valence-corrected chi connectivity index (χ0v) is 9.02. The van der Waals surface area contributed by atoms with Crippen LogP contribution >= 0.6 is 11.6 Å². The van der Waals surface area contributed by atoms with Gasteiger partial charge in [0.15, 0.2) is 0 Å². The van der Waals surface area contributed by atoms with Gasteiger partial charge in [0.2, 0.25) is 0 Å². The van der Waals surface area contributed by atoms with Gasteiger partial charge in [-0.3, -0.25) is 4.79 Å². The smallest absolute Gasteiger partial charge is 0.256 e. The highest BCUT2D eigenvalue weighted by Crippen LogP contribution is 2.17. The standard InChI is InChI=1S/C10H12ClN3O/c11-9-1-3-14(4-2-9)10(15)8-5-12-7-13-6-8/h5-7,9H,1-4H2. The van der Waals surface area contributed by atoms with Crippen molar-refractivity contribution in [1.29, 1.82) is 0 Å². The second kappa shape index (κ2) is 4.57. The van der Waals surface area contributed by atoms with Crippen LogP contribution in [-0.2, 0) is 0 Å². The molecule has 0 radical (unpaired) electrons. The first kappa shape index (κ1) is 10.4. The van der Waals surface area contributed by atoms with Crippen LogP contribution in [0.2, 0.25) is 0 Å². The van der Waals surface area contributed by atoms with Gasteiger partial charge in [0.25, 0.3) is 5.91 Å². The molecule has 0 aromatic carbocycles. The number of carbonyl (C=O) groups is 1. The lowest BCUT2D eigenvalue weighted by atomic mass is 10.1. The van der Waals surface area contributed by atoms with E-state index in [-0.39, 0.29) is 11.3 Å². The number of carbonyl (C=O) groups excluding carboxylic acids is 1. The lowest BCUT2D eigenvalue weighted by Gasteiger charge is -2.29. The maximum absolute atomic E-state index is 11.9. The van der Waals surface area contributed by atoms with E-state index in [9.17, 15) is 4.79 Å². The molecule has 1 aromatic rings. The van der Waals surface area contributed by atoms with Crippen LogP contribution in [0.3, 0.4) is 0 Å². The van der Waals surface area contributed by atoms with Crippen molar-refractivity contribution in [2.45, 2.75) is 18.2 Å². The van der Waals surface area contributed by atoms with Crippen LogP contribution in [0.15, 0.2) is 18.7 Å². The number of halogens is 1. The summed E-state index contributed by atoms with van der Waals surface area (Å²) < 4.78 is 0. The summed E-state index contributed by atoms with van der Waals surface area (Å²) in [4.78, 5) is 21.4. The molecule has 1 aliphatic rings. The second-order valence-electron chi connectivity index (χ2n) is 3.59. The summed E-state index contributed by atoms with van der Waals surface area (Å²) in [5.41, 5.74) is 0.547. The Kier molecular flexibility index (Phi) is 3.16. The van der Waals surface area contributed by atoms with Gasteiger partial charge >= 0.3 is 0 Å². The first-order valence-corrected chi connectivity index (χ1v) is 5.39. The van der Waals surface area contributed by atoms with E-state index in [0.717, 1.165) is 25.9 Å². The molecule has 15 heavy (non-hydrogen) atoms. The van der Waals surface area contributed by atoms with Gasteiger partial charge in [-0.15, -0.1) is 11.6 Å². The van der Waals surface area contributed by atoms with Gasteiger partial charge in [-0.25, -0.2) is 9.97 Å². The van der Waals surface area contributed by atoms with E-state index < -0.39 is 0 Å². The summed E-state index contributed by atoms with van der Waals surface area (Å²) in [5.74, 6) is -0.000772. The molecular formula is C10H12ClN3O. The van der Waals surface area contributed by atoms with Crippen molar-refractivity contribution in [1.82, 2.24) is 14.9 Å². The van der Waals surface area contributed by atoms with Crippen LogP contribution in [0.4, 0.5) is 0 Å². The molecule has 0 spiro atoms. The zero-order valence-electron chi connectivity index (χ0n) is 8.27. The highest BCUT2D eigenvalue weighted by Gasteiger charge is 2.22. The molecule has 0 bridgehead atoms. The summed E-state index contributed by atoms with van der Waals surface area (Å²) in [6, 6.07) is 0. The number of likely N-dealkylation sites (tertiary alicyclic amines) is 1. The number of hydrogen-bond donors (Lipinski definition) is 0. The normalized spacial score (nSPS) is 17.8. The topological polar surface area (TPSA) is 46.1 Å². The lowest BCUT2D eigenvalue weighted by molar-refractivity contribution is 0.0725. The van der Waals surface area contributed by atoms with Crippen molar-refractivity contribution in [3.63, 3.8) is 0 Å². The number of amides is 1. The SMILES string of the molecule is O=C(c1cncnc1)N1CCC(Cl)CC1. The van der Waals surface area contributed by atoms with Crippen molar-refractivity contribution in [3.8, 4) is 0 Å². The van der Waals surface area contributed by atoms with Gasteiger partial charge in [0.05, 0.1) is 5.56 Å². The maximum Gasteiger partial charge on any atom is 0.256 e. The Morgan fingerprint density at radius 2 is 1.93 bits per heavy atom. The Bertz CT molecular complexity index is 336. The van der Waals surface area contributed by atoms with E-state index in [2.05, 4.69) is 9.97 Å². The summed E-state index contributed by atoms with van der Waals surface area (Å²) in [6.07, 6.45) is 6.23. The number of rotatable bonds is 1. The van der Waals surface area contributed by atoms with Crippen molar-refractivity contribution >= 4 is 17.5 Å². The molecule has 1 saturated heterocycles. The maximum atomic E-state index is 11.9. The quantitative estimate of drug-likeness (QED) is 0.678. The molecule has 0 N–H and O–H groups in total. The summed E-state index contributed by atoms with van der Waals surface area (Å²) >= 11 is 5.97. The Morgan fingerprint density at radius 3 is 2.53 bits per heavy atom. The molecular weight excluding hydrogens is 214 g/mol. The predicted octanol–water partition coefficient (Wildman–Crippen LogP) is 1.32.